The van der Waals surface area contributed by atoms with Gasteiger partial charge in [0.2, 0.25) is 0 Å². The molecule has 0 bridgehead atoms. The highest BCUT2D eigenvalue weighted by molar-refractivity contribution is 6.36. The first-order chi connectivity index (χ1) is 14.6. The molecule has 0 radical (unpaired) electrons. The first-order valence-corrected chi connectivity index (χ1v) is 11.4. The van der Waals surface area contributed by atoms with Crippen molar-refractivity contribution in [3.63, 3.8) is 0 Å². The highest BCUT2D eigenvalue weighted by Crippen LogP contribution is 2.34. The standard InChI is InChI=1S/C25H31ClN4/c1-17(16-30(14-13-27-3)18(2)22-9-6-12-28-22)19-10-11-21-24(15-19)29-23-8-5-4-7-20(23)25(21)26/h10-11,15,27H,1-2,4-9,12-14,16H2,3H3. The Morgan fingerprint density at radius 2 is 2.00 bits per heavy atom. The van der Waals surface area contributed by atoms with Gasteiger partial charge in [-0.25, -0.2) is 0 Å². The number of benzene rings is 1. The van der Waals surface area contributed by atoms with Gasteiger partial charge in [-0.15, -0.1) is 0 Å². The zero-order valence-electron chi connectivity index (χ0n) is 17.9. The molecule has 0 unspecified atom stereocenters. The molecule has 0 amide bonds. The highest BCUT2D eigenvalue weighted by Gasteiger charge is 2.19. The smallest absolute Gasteiger partial charge is 0.0726 e. The molecular formula is C25H31ClN4. The molecular weight excluding hydrogens is 392 g/mol. The molecule has 1 N–H and O–H groups in total. The van der Waals surface area contributed by atoms with Crippen LogP contribution in [0, 0.1) is 0 Å². The summed E-state index contributed by atoms with van der Waals surface area (Å²) in [6, 6.07) is 6.37. The fourth-order valence-electron chi connectivity index (χ4n) is 4.42. The molecule has 2 aromatic rings. The number of likely N-dealkylation sites (N-methyl/N-ethyl adjacent to an activating group) is 1. The van der Waals surface area contributed by atoms with Crippen molar-refractivity contribution in [3.05, 3.63) is 58.9 Å². The zero-order chi connectivity index (χ0) is 21.1. The van der Waals surface area contributed by atoms with Crippen molar-refractivity contribution in [2.24, 2.45) is 4.99 Å². The average molecular weight is 423 g/mol. The summed E-state index contributed by atoms with van der Waals surface area (Å²) < 4.78 is 0. The molecule has 1 aliphatic heterocycles. The topological polar surface area (TPSA) is 40.5 Å². The lowest BCUT2D eigenvalue weighted by atomic mass is 9.94. The fourth-order valence-corrected chi connectivity index (χ4v) is 4.79. The Morgan fingerprint density at radius 3 is 2.77 bits per heavy atom. The normalized spacial score (nSPS) is 15.7. The van der Waals surface area contributed by atoms with E-state index in [1.54, 1.807) is 0 Å². The summed E-state index contributed by atoms with van der Waals surface area (Å²) in [5.41, 5.74) is 7.72. The first-order valence-electron chi connectivity index (χ1n) is 11.0. The molecule has 2 heterocycles. The van der Waals surface area contributed by atoms with Crippen LogP contribution in [0.3, 0.4) is 0 Å². The van der Waals surface area contributed by atoms with Crippen LogP contribution in [-0.4, -0.2) is 48.8 Å². The minimum atomic E-state index is 0.726. The Bertz CT molecular complexity index is 1010. The van der Waals surface area contributed by atoms with E-state index in [9.17, 15) is 0 Å². The van der Waals surface area contributed by atoms with Crippen LogP contribution in [0.4, 0.5) is 0 Å². The quantitative estimate of drug-likeness (QED) is 0.647. The maximum atomic E-state index is 6.74. The second-order valence-corrected chi connectivity index (χ2v) is 8.68. The Balaban J connectivity index is 1.58. The monoisotopic (exact) mass is 422 g/mol. The van der Waals surface area contributed by atoms with Crippen molar-refractivity contribution in [1.29, 1.82) is 0 Å². The summed E-state index contributed by atoms with van der Waals surface area (Å²) in [4.78, 5) is 11.9. The Kier molecular flexibility index (Phi) is 6.55. The minimum absolute atomic E-state index is 0.726. The molecule has 2 aliphatic rings. The minimum Gasteiger partial charge on any atom is -0.365 e. The molecule has 1 aromatic carbocycles. The number of rotatable bonds is 8. The third-order valence-electron chi connectivity index (χ3n) is 6.20. The lowest BCUT2D eigenvalue weighted by molar-refractivity contribution is 0.402. The number of fused-ring (bicyclic) bond motifs is 2. The van der Waals surface area contributed by atoms with Crippen molar-refractivity contribution < 1.29 is 0 Å². The molecule has 0 spiro atoms. The average Bonchev–Trinajstić information content (AvgIpc) is 3.31. The first kappa shape index (κ1) is 21.1. The van der Waals surface area contributed by atoms with Gasteiger partial charge in [-0.1, -0.05) is 36.9 Å². The number of nitrogens with zero attached hydrogens (tertiary/aromatic N) is 3. The summed E-state index contributed by atoms with van der Waals surface area (Å²) in [7, 11) is 1.97. The van der Waals surface area contributed by atoms with Gasteiger partial charge in [0.05, 0.1) is 21.9 Å². The molecule has 0 saturated carbocycles. The molecule has 30 heavy (non-hydrogen) atoms. The number of allylic oxidation sites excluding steroid dienone is 1. The highest BCUT2D eigenvalue weighted by atomic mass is 35.5. The van der Waals surface area contributed by atoms with E-state index in [0.717, 1.165) is 90.3 Å². The summed E-state index contributed by atoms with van der Waals surface area (Å²) in [5, 5.41) is 5.17. The van der Waals surface area contributed by atoms with Gasteiger partial charge in [-0.3, -0.25) is 9.98 Å². The van der Waals surface area contributed by atoms with E-state index < -0.39 is 0 Å². The molecule has 4 nitrogen and oxygen atoms in total. The van der Waals surface area contributed by atoms with Gasteiger partial charge in [0, 0.05) is 37.3 Å². The van der Waals surface area contributed by atoms with Crippen molar-refractivity contribution >= 4 is 33.8 Å². The van der Waals surface area contributed by atoms with Crippen molar-refractivity contribution in [3.8, 4) is 0 Å². The Morgan fingerprint density at radius 1 is 1.17 bits per heavy atom. The van der Waals surface area contributed by atoms with Crippen LogP contribution in [0.15, 0.2) is 42.0 Å². The number of hydrogen-bond donors (Lipinski definition) is 1. The second-order valence-electron chi connectivity index (χ2n) is 8.30. The fraction of sp³-hybridized carbons (Fsp3) is 0.440. The lowest BCUT2D eigenvalue weighted by Crippen LogP contribution is -2.33. The van der Waals surface area contributed by atoms with Gasteiger partial charge in [0.25, 0.3) is 0 Å². The predicted molar refractivity (Wildman–Crippen MR) is 129 cm³/mol. The number of aliphatic imine (C=N–C) groups is 1. The van der Waals surface area contributed by atoms with Gasteiger partial charge >= 0.3 is 0 Å². The van der Waals surface area contributed by atoms with E-state index in [1.807, 2.05) is 7.05 Å². The molecule has 0 fully saturated rings. The van der Waals surface area contributed by atoms with Crippen LogP contribution in [-0.2, 0) is 12.8 Å². The van der Waals surface area contributed by atoms with Crippen LogP contribution in [0.5, 0.6) is 0 Å². The van der Waals surface area contributed by atoms with Crippen LogP contribution < -0.4 is 5.32 Å². The van der Waals surface area contributed by atoms with E-state index in [0.29, 0.717) is 0 Å². The van der Waals surface area contributed by atoms with E-state index in [2.05, 4.69) is 46.6 Å². The number of aromatic nitrogens is 1. The van der Waals surface area contributed by atoms with Crippen LogP contribution in [0.25, 0.3) is 16.5 Å². The van der Waals surface area contributed by atoms with Gasteiger partial charge in [-0.05, 0) is 68.3 Å². The maximum Gasteiger partial charge on any atom is 0.0726 e. The number of nitrogens with one attached hydrogen (secondary N) is 1. The predicted octanol–water partition coefficient (Wildman–Crippen LogP) is 5.05. The van der Waals surface area contributed by atoms with Crippen LogP contribution in [0.2, 0.25) is 5.02 Å². The van der Waals surface area contributed by atoms with Crippen molar-refractivity contribution in [2.45, 2.75) is 38.5 Å². The number of pyridine rings is 1. The summed E-state index contributed by atoms with van der Waals surface area (Å²) >= 11 is 6.74. The van der Waals surface area contributed by atoms with Gasteiger partial charge < -0.3 is 10.2 Å². The van der Waals surface area contributed by atoms with Gasteiger partial charge in [0.15, 0.2) is 0 Å². The third kappa shape index (κ3) is 4.30. The largest absolute Gasteiger partial charge is 0.365 e. The zero-order valence-corrected chi connectivity index (χ0v) is 18.7. The summed E-state index contributed by atoms with van der Waals surface area (Å²) in [6.07, 6.45) is 6.60. The number of hydrogen-bond acceptors (Lipinski definition) is 4. The van der Waals surface area contributed by atoms with E-state index in [4.69, 9.17) is 16.6 Å². The SMILES string of the molecule is C=C(CN(CCNC)C(=C)C1=NCCC1)c1ccc2c(Cl)c3c(nc2c1)CCCC3. The number of aryl methyl sites for hydroxylation is 1. The van der Waals surface area contributed by atoms with E-state index >= 15 is 0 Å². The van der Waals surface area contributed by atoms with Crippen LogP contribution in [0.1, 0.15) is 42.5 Å². The second kappa shape index (κ2) is 9.32. The maximum absolute atomic E-state index is 6.74. The molecule has 4 rings (SSSR count). The third-order valence-corrected chi connectivity index (χ3v) is 6.64. The van der Waals surface area contributed by atoms with Crippen molar-refractivity contribution in [1.82, 2.24) is 15.2 Å². The molecule has 158 valence electrons. The van der Waals surface area contributed by atoms with E-state index in [1.165, 1.54) is 24.1 Å². The molecule has 0 saturated heterocycles. The molecule has 0 atom stereocenters. The van der Waals surface area contributed by atoms with Crippen LogP contribution >= 0.6 is 11.6 Å². The summed E-state index contributed by atoms with van der Waals surface area (Å²) in [5.74, 6) is 0. The Labute approximate surface area is 184 Å². The molecule has 5 heteroatoms. The van der Waals surface area contributed by atoms with E-state index in [-0.39, 0.29) is 0 Å². The number of halogens is 1. The summed E-state index contributed by atoms with van der Waals surface area (Å²) in [6.45, 7) is 12.1. The Hall–Kier alpha value is -2.17. The molecule has 1 aliphatic carbocycles. The molecule has 1 aromatic heterocycles. The van der Waals surface area contributed by atoms with Gasteiger partial charge in [-0.2, -0.15) is 0 Å². The van der Waals surface area contributed by atoms with Crippen molar-refractivity contribution in [2.75, 3.05) is 33.2 Å². The van der Waals surface area contributed by atoms with Gasteiger partial charge in [0.1, 0.15) is 0 Å². The lowest BCUT2D eigenvalue weighted by Gasteiger charge is -2.28.